The summed E-state index contributed by atoms with van der Waals surface area (Å²) in [6.45, 7) is 5.34. The molecule has 160 valence electrons. The van der Waals surface area contributed by atoms with Crippen molar-refractivity contribution in [2.75, 3.05) is 33.2 Å². The monoisotopic (exact) mass is 558 g/mol. The molecule has 0 atom stereocenters. The number of aliphatic imine (C=N–C) groups is 1. The average Bonchev–Trinajstić information content (AvgIpc) is 3.42. The van der Waals surface area contributed by atoms with E-state index in [0.29, 0.717) is 23.3 Å². The Kier molecular flexibility index (Phi) is 8.49. The smallest absolute Gasteiger partial charge is 0.246 e. The molecule has 1 saturated heterocycles. The number of piperazine rings is 1. The van der Waals surface area contributed by atoms with Gasteiger partial charge in [-0.1, -0.05) is 35.0 Å². The standard InChI is InChI=1S/C20H23ClN6OS.HI/c1-22-20(27-9-7-26(8-10-27)14-17-6-3-11-29-17)23-13-18-24-19(25-28-18)15-4-2-5-16(21)12-15;/h2-6,11-12H,7-10,13-14H2,1H3,(H,22,23);1H. The van der Waals surface area contributed by atoms with E-state index in [1.165, 1.54) is 4.88 Å². The van der Waals surface area contributed by atoms with E-state index < -0.39 is 0 Å². The summed E-state index contributed by atoms with van der Waals surface area (Å²) in [7, 11) is 1.80. The largest absolute Gasteiger partial charge is 0.347 e. The Balaban J connectivity index is 0.00000256. The van der Waals surface area contributed by atoms with Gasteiger partial charge in [-0.05, 0) is 23.6 Å². The van der Waals surface area contributed by atoms with Gasteiger partial charge in [-0.25, -0.2) is 0 Å². The third-order valence-corrected chi connectivity index (χ3v) is 5.89. The first-order chi connectivity index (χ1) is 14.2. The molecule has 3 heterocycles. The topological polar surface area (TPSA) is 69.8 Å². The van der Waals surface area contributed by atoms with Crippen LogP contribution in [0.25, 0.3) is 11.4 Å². The number of rotatable bonds is 5. The van der Waals surface area contributed by atoms with Crippen LogP contribution in [0.2, 0.25) is 5.02 Å². The summed E-state index contributed by atoms with van der Waals surface area (Å²) in [6, 6.07) is 11.7. The number of aromatic nitrogens is 2. The number of hydrogen-bond acceptors (Lipinski definition) is 6. The predicted octanol–water partition coefficient (Wildman–Crippen LogP) is 3.96. The van der Waals surface area contributed by atoms with E-state index in [0.717, 1.165) is 44.2 Å². The zero-order valence-corrected chi connectivity index (χ0v) is 20.5. The van der Waals surface area contributed by atoms with E-state index in [-0.39, 0.29) is 24.0 Å². The van der Waals surface area contributed by atoms with E-state index >= 15 is 0 Å². The lowest BCUT2D eigenvalue weighted by Crippen LogP contribution is -2.52. The Morgan fingerprint density at radius 3 is 2.77 bits per heavy atom. The van der Waals surface area contributed by atoms with Gasteiger partial charge < -0.3 is 14.7 Å². The second kappa shape index (κ2) is 11.1. The molecule has 1 fully saturated rings. The van der Waals surface area contributed by atoms with Crippen LogP contribution in [0.1, 0.15) is 10.8 Å². The summed E-state index contributed by atoms with van der Waals surface area (Å²) >= 11 is 7.85. The van der Waals surface area contributed by atoms with Crippen molar-refractivity contribution < 1.29 is 4.52 Å². The van der Waals surface area contributed by atoms with Crippen LogP contribution in [-0.4, -0.2) is 59.1 Å². The maximum atomic E-state index is 6.04. The molecule has 1 aliphatic rings. The fourth-order valence-electron chi connectivity index (χ4n) is 3.30. The van der Waals surface area contributed by atoms with Crippen LogP contribution in [0, 0.1) is 0 Å². The molecule has 30 heavy (non-hydrogen) atoms. The maximum Gasteiger partial charge on any atom is 0.246 e. The van der Waals surface area contributed by atoms with Gasteiger partial charge in [0.2, 0.25) is 11.7 Å². The van der Waals surface area contributed by atoms with Gasteiger partial charge in [-0.3, -0.25) is 9.89 Å². The number of benzene rings is 1. The molecule has 0 radical (unpaired) electrons. The Morgan fingerprint density at radius 2 is 2.07 bits per heavy atom. The van der Waals surface area contributed by atoms with Crippen molar-refractivity contribution >= 4 is 52.9 Å². The number of thiophene rings is 1. The molecule has 2 aromatic heterocycles. The molecule has 1 aromatic carbocycles. The van der Waals surface area contributed by atoms with E-state index in [1.807, 2.05) is 35.6 Å². The van der Waals surface area contributed by atoms with Gasteiger partial charge in [-0.15, -0.1) is 35.3 Å². The molecule has 3 aromatic rings. The highest BCUT2D eigenvalue weighted by atomic mass is 127. The molecular weight excluding hydrogens is 535 g/mol. The molecule has 0 amide bonds. The van der Waals surface area contributed by atoms with Gasteiger partial charge in [0.15, 0.2) is 5.96 Å². The lowest BCUT2D eigenvalue weighted by atomic mass is 10.2. The zero-order valence-electron chi connectivity index (χ0n) is 16.6. The molecule has 7 nitrogen and oxygen atoms in total. The summed E-state index contributed by atoms with van der Waals surface area (Å²) in [5, 5.41) is 10.2. The Labute approximate surface area is 202 Å². The van der Waals surface area contributed by atoms with Crippen molar-refractivity contribution in [3.63, 3.8) is 0 Å². The molecule has 0 unspecified atom stereocenters. The Bertz CT molecular complexity index is 956. The van der Waals surface area contributed by atoms with Crippen LogP contribution >= 0.6 is 46.9 Å². The first-order valence-corrected chi connectivity index (χ1v) is 10.8. The van der Waals surface area contributed by atoms with Crippen molar-refractivity contribution in [1.82, 2.24) is 25.3 Å². The van der Waals surface area contributed by atoms with Crippen LogP contribution < -0.4 is 5.32 Å². The highest BCUT2D eigenvalue weighted by molar-refractivity contribution is 14.0. The molecule has 0 spiro atoms. The van der Waals surface area contributed by atoms with Crippen LogP contribution in [0.3, 0.4) is 0 Å². The van der Waals surface area contributed by atoms with Crippen LogP contribution in [0.15, 0.2) is 51.3 Å². The highest BCUT2D eigenvalue weighted by Gasteiger charge is 2.20. The first kappa shape index (κ1) is 23.0. The molecule has 1 N–H and O–H groups in total. The lowest BCUT2D eigenvalue weighted by Gasteiger charge is -2.36. The lowest BCUT2D eigenvalue weighted by molar-refractivity contribution is 0.173. The number of guanidine groups is 1. The number of hydrogen-bond donors (Lipinski definition) is 1. The molecule has 0 aliphatic carbocycles. The highest BCUT2D eigenvalue weighted by Crippen LogP contribution is 2.20. The van der Waals surface area contributed by atoms with Crippen molar-refractivity contribution in [1.29, 1.82) is 0 Å². The van der Waals surface area contributed by atoms with Gasteiger partial charge in [0.1, 0.15) is 0 Å². The summed E-state index contributed by atoms with van der Waals surface area (Å²) in [5.74, 6) is 1.89. The SMILES string of the molecule is CN=C(NCc1nc(-c2cccc(Cl)c2)no1)N1CCN(Cc2cccs2)CC1.I. The molecule has 10 heteroatoms. The second-order valence-corrected chi connectivity index (χ2v) is 8.23. The number of nitrogens with zero attached hydrogens (tertiary/aromatic N) is 5. The number of nitrogens with one attached hydrogen (secondary N) is 1. The maximum absolute atomic E-state index is 6.04. The normalized spacial score (nSPS) is 15.1. The summed E-state index contributed by atoms with van der Waals surface area (Å²) in [4.78, 5) is 15.0. The number of halogens is 2. The van der Waals surface area contributed by atoms with Gasteiger partial charge in [0.25, 0.3) is 0 Å². The van der Waals surface area contributed by atoms with E-state index in [2.05, 4.69) is 47.8 Å². The molecule has 1 aliphatic heterocycles. The van der Waals surface area contributed by atoms with Crippen LogP contribution in [0.5, 0.6) is 0 Å². The minimum atomic E-state index is 0. The van der Waals surface area contributed by atoms with Crippen molar-refractivity contribution in [3.8, 4) is 11.4 Å². The average molecular weight is 559 g/mol. The Morgan fingerprint density at radius 1 is 1.23 bits per heavy atom. The fraction of sp³-hybridized carbons (Fsp3) is 0.350. The van der Waals surface area contributed by atoms with E-state index in [4.69, 9.17) is 16.1 Å². The van der Waals surface area contributed by atoms with Crippen molar-refractivity contribution in [2.24, 2.45) is 4.99 Å². The Hall–Kier alpha value is -1.69. The predicted molar refractivity (Wildman–Crippen MR) is 132 cm³/mol. The van der Waals surface area contributed by atoms with E-state index in [1.54, 1.807) is 7.05 Å². The molecular formula is C20H24ClIN6OS. The van der Waals surface area contributed by atoms with Crippen molar-refractivity contribution in [3.05, 3.63) is 57.6 Å². The van der Waals surface area contributed by atoms with Gasteiger partial charge in [0, 0.05) is 55.2 Å². The van der Waals surface area contributed by atoms with Crippen LogP contribution in [-0.2, 0) is 13.1 Å². The summed E-state index contributed by atoms with van der Waals surface area (Å²) in [5.41, 5.74) is 0.832. The summed E-state index contributed by atoms with van der Waals surface area (Å²) in [6.07, 6.45) is 0. The third kappa shape index (κ3) is 5.93. The first-order valence-electron chi connectivity index (χ1n) is 9.50. The van der Waals surface area contributed by atoms with Gasteiger partial charge in [-0.2, -0.15) is 4.98 Å². The third-order valence-electron chi connectivity index (χ3n) is 4.79. The van der Waals surface area contributed by atoms with E-state index in [9.17, 15) is 0 Å². The van der Waals surface area contributed by atoms with Crippen LogP contribution in [0.4, 0.5) is 0 Å². The molecule has 0 bridgehead atoms. The second-order valence-electron chi connectivity index (χ2n) is 6.77. The van der Waals surface area contributed by atoms with Crippen molar-refractivity contribution in [2.45, 2.75) is 13.1 Å². The molecule has 0 saturated carbocycles. The quantitative estimate of drug-likeness (QED) is 0.290. The minimum Gasteiger partial charge on any atom is -0.347 e. The minimum absolute atomic E-state index is 0. The van der Waals surface area contributed by atoms with Gasteiger partial charge in [0.05, 0.1) is 6.54 Å². The fourth-order valence-corrected chi connectivity index (χ4v) is 4.24. The summed E-state index contributed by atoms with van der Waals surface area (Å²) < 4.78 is 5.37. The van der Waals surface area contributed by atoms with Gasteiger partial charge >= 0.3 is 0 Å². The zero-order chi connectivity index (χ0) is 20.1. The molecule has 4 rings (SSSR count).